The molecule has 4 heteroatoms. The van der Waals surface area contributed by atoms with Crippen LogP contribution in [0.3, 0.4) is 0 Å². The fourth-order valence-electron chi connectivity index (χ4n) is 2.00. The monoisotopic (exact) mass is 279 g/mol. The molecule has 19 heavy (non-hydrogen) atoms. The first-order valence-electron chi connectivity index (χ1n) is 5.91. The van der Waals surface area contributed by atoms with Gasteiger partial charge in [0.05, 0.1) is 0 Å². The summed E-state index contributed by atoms with van der Waals surface area (Å²) in [5.74, 6) is 0.358. The molecular formula is C15H15ClFNO. The molecule has 2 nitrogen and oxygen atoms in total. The van der Waals surface area contributed by atoms with Crippen molar-refractivity contribution < 1.29 is 9.13 Å². The van der Waals surface area contributed by atoms with Gasteiger partial charge in [0.2, 0.25) is 0 Å². The van der Waals surface area contributed by atoms with E-state index >= 15 is 0 Å². The Labute approximate surface area is 117 Å². The molecule has 0 fully saturated rings. The average Bonchev–Trinajstić information content (AvgIpc) is 2.31. The van der Waals surface area contributed by atoms with Crippen LogP contribution in [0.15, 0.2) is 30.3 Å². The molecule has 0 aliphatic heterocycles. The zero-order chi connectivity index (χ0) is 14.0. The highest BCUT2D eigenvalue weighted by Crippen LogP contribution is 2.28. The van der Waals surface area contributed by atoms with E-state index in [1.54, 1.807) is 12.1 Å². The van der Waals surface area contributed by atoms with Gasteiger partial charge in [-0.05, 0) is 49.2 Å². The largest absolute Gasteiger partial charge is 0.488 e. The number of hydrogen-bond acceptors (Lipinski definition) is 2. The predicted molar refractivity (Wildman–Crippen MR) is 76.1 cm³/mol. The van der Waals surface area contributed by atoms with Crippen LogP contribution >= 0.6 is 11.6 Å². The van der Waals surface area contributed by atoms with Crippen LogP contribution in [-0.4, -0.2) is 0 Å². The summed E-state index contributed by atoms with van der Waals surface area (Å²) in [4.78, 5) is 0. The van der Waals surface area contributed by atoms with Gasteiger partial charge in [-0.1, -0.05) is 17.7 Å². The Hall–Kier alpha value is -1.74. The minimum absolute atomic E-state index is 0.0990. The van der Waals surface area contributed by atoms with Gasteiger partial charge in [0.25, 0.3) is 0 Å². The lowest BCUT2D eigenvalue weighted by Gasteiger charge is -2.14. The molecule has 0 aliphatic rings. The summed E-state index contributed by atoms with van der Waals surface area (Å²) in [6.07, 6.45) is 0. The summed E-state index contributed by atoms with van der Waals surface area (Å²) >= 11 is 5.95. The van der Waals surface area contributed by atoms with Gasteiger partial charge in [0.15, 0.2) is 0 Å². The van der Waals surface area contributed by atoms with E-state index in [9.17, 15) is 4.39 Å². The number of halogens is 2. The third-order valence-corrected chi connectivity index (χ3v) is 3.16. The van der Waals surface area contributed by atoms with Crippen molar-refractivity contribution >= 4 is 17.3 Å². The standard InChI is InChI=1S/C15H15ClFNO/c1-9-6-11(16)7-10(2)15(9)19-8-12-13(17)4-3-5-14(12)18/h3-7H,8,18H2,1-2H3. The van der Waals surface area contributed by atoms with Gasteiger partial charge >= 0.3 is 0 Å². The molecule has 0 unspecified atom stereocenters. The zero-order valence-corrected chi connectivity index (χ0v) is 11.6. The first kappa shape index (κ1) is 13.7. The van der Waals surface area contributed by atoms with E-state index in [-0.39, 0.29) is 12.4 Å². The first-order valence-corrected chi connectivity index (χ1v) is 6.29. The molecule has 0 saturated carbocycles. The van der Waals surface area contributed by atoms with E-state index in [1.165, 1.54) is 6.07 Å². The van der Waals surface area contributed by atoms with Crippen LogP contribution in [0.4, 0.5) is 10.1 Å². The Morgan fingerprint density at radius 1 is 1.21 bits per heavy atom. The second-order valence-corrected chi connectivity index (χ2v) is 4.90. The van der Waals surface area contributed by atoms with Crippen LogP contribution in [0.1, 0.15) is 16.7 Å². The summed E-state index contributed by atoms with van der Waals surface area (Å²) in [5.41, 5.74) is 8.34. The molecule has 0 heterocycles. The molecule has 0 amide bonds. The quantitative estimate of drug-likeness (QED) is 0.852. The minimum atomic E-state index is -0.357. The number of anilines is 1. The minimum Gasteiger partial charge on any atom is -0.488 e. The topological polar surface area (TPSA) is 35.2 Å². The van der Waals surface area contributed by atoms with Crippen LogP contribution in [0, 0.1) is 19.7 Å². The molecule has 2 aromatic carbocycles. The van der Waals surface area contributed by atoms with Gasteiger partial charge in [-0.25, -0.2) is 4.39 Å². The van der Waals surface area contributed by atoms with Crippen molar-refractivity contribution in [3.05, 3.63) is 57.9 Å². The molecule has 100 valence electrons. The summed E-state index contributed by atoms with van der Waals surface area (Å²) in [6, 6.07) is 8.23. The van der Waals surface area contributed by atoms with Crippen LogP contribution in [0.2, 0.25) is 5.02 Å². The van der Waals surface area contributed by atoms with Gasteiger partial charge in [-0.3, -0.25) is 0 Å². The van der Waals surface area contributed by atoms with E-state index in [0.29, 0.717) is 22.0 Å². The van der Waals surface area contributed by atoms with Crippen LogP contribution < -0.4 is 10.5 Å². The fourth-order valence-corrected chi connectivity index (χ4v) is 2.32. The third-order valence-electron chi connectivity index (χ3n) is 2.94. The van der Waals surface area contributed by atoms with Gasteiger partial charge in [0.1, 0.15) is 18.2 Å². The highest BCUT2D eigenvalue weighted by Gasteiger charge is 2.10. The smallest absolute Gasteiger partial charge is 0.131 e. The van der Waals surface area contributed by atoms with Gasteiger partial charge in [-0.15, -0.1) is 0 Å². The van der Waals surface area contributed by atoms with E-state index in [0.717, 1.165) is 11.1 Å². The van der Waals surface area contributed by atoms with E-state index in [1.807, 2.05) is 26.0 Å². The number of ether oxygens (including phenoxy) is 1. The zero-order valence-electron chi connectivity index (χ0n) is 10.8. The van der Waals surface area contributed by atoms with Crippen LogP contribution in [0.5, 0.6) is 5.75 Å². The molecule has 2 N–H and O–H groups in total. The van der Waals surface area contributed by atoms with E-state index in [2.05, 4.69) is 0 Å². The van der Waals surface area contributed by atoms with E-state index < -0.39 is 0 Å². The average molecular weight is 280 g/mol. The molecule has 0 spiro atoms. The number of aryl methyl sites for hydroxylation is 2. The molecule has 0 atom stereocenters. The van der Waals surface area contributed by atoms with Crippen LogP contribution in [0.25, 0.3) is 0 Å². The predicted octanol–water partition coefficient (Wildman–Crippen LogP) is 4.26. The summed E-state index contributed by atoms with van der Waals surface area (Å²) in [6.45, 7) is 3.90. The van der Waals surface area contributed by atoms with Crippen molar-refractivity contribution in [3.63, 3.8) is 0 Å². The summed E-state index contributed by atoms with van der Waals surface area (Å²) < 4.78 is 19.3. The van der Waals surface area contributed by atoms with Crippen molar-refractivity contribution in [2.24, 2.45) is 0 Å². The molecule has 0 bridgehead atoms. The lowest BCUT2D eigenvalue weighted by atomic mass is 10.1. The number of rotatable bonds is 3. The Bertz CT molecular complexity index is 570. The first-order chi connectivity index (χ1) is 8.99. The van der Waals surface area contributed by atoms with Crippen molar-refractivity contribution in [2.75, 3.05) is 5.73 Å². The number of hydrogen-bond donors (Lipinski definition) is 1. The van der Waals surface area contributed by atoms with Crippen LogP contribution in [-0.2, 0) is 6.61 Å². The molecular weight excluding hydrogens is 265 g/mol. The SMILES string of the molecule is Cc1cc(Cl)cc(C)c1OCc1c(N)cccc1F. The van der Waals surface area contributed by atoms with Crippen molar-refractivity contribution in [2.45, 2.75) is 20.5 Å². The third kappa shape index (κ3) is 2.99. The molecule has 2 rings (SSSR count). The Morgan fingerprint density at radius 2 is 1.84 bits per heavy atom. The molecule has 0 aliphatic carbocycles. The summed E-state index contributed by atoms with van der Waals surface area (Å²) in [7, 11) is 0. The fraction of sp³-hybridized carbons (Fsp3) is 0.200. The Balaban J connectivity index is 2.24. The maximum absolute atomic E-state index is 13.6. The normalized spacial score (nSPS) is 10.5. The van der Waals surface area contributed by atoms with Gasteiger partial charge in [0, 0.05) is 16.3 Å². The number of nitrogen functional groups attached to an aromatic ring is 1. The van der Waals surface area contributed by atoms with Gasteiger partial charge < -0.3 is 10.5 Å². The molecule has 2 aromatic rings. The Kier molecular flexibility index (Phi) is 3.96. The molecule has 0 aromatic heterocycles. The van der Waals surface area contributed by atoms with Crippen molar-refractivity contribution in [1.82, 2.24) is 0 Å². The van der Waals surface area contributed by atoms with E-state index in [4.69, 9.17) is 22.1 Å². The van der Waals surface area contributed by atoms with Crippen molar-refractivity contribution in [1.29, 1.82) is 0 Å². The second-order valence-electron chi connectivity index (χ2n) is 4.47. The second kappa shape index (κ2) is 5.49. The highest BCUT2D eigenvalue weighted by molar-refractivity contribution is 6.30. The summed E-state index contributed by atoms with van der Waals surface area (Å²) in [5, 5.41) is 0.660. The lowest BCUT2D eigenvalue weighted by molar-refractivity contribution is 0.296. The highest BCUT2D eigenvalue weighted by atomic mass is 35.5. The molecule has 0 radical (unpaired) electrons. The Morgan fingerprint density at radius 3 is 2.42 bits per heavy atom. The maximum atomic E-state index is 13.6. The number of benzene rings is 2. The number of nitrogens with two attached hydrogens (primary N) is 1. The van der Waals surface area contributed by atoms with Gasteiger partial charge in [-0.2, -0.15) is 0 Å². The molecule has 0 saturated heterocycles. The van der Waals surface area contributed by atoms with Crippen molar-refractivity contribution in [3.8, 4) is 5.75 Å². The lowest BCUT2D eigenvalue weighted by Crippen LogP contribution is -2.04. The maximum Gasteiger partial charge on any atom is 0.131 e.